The fraction of sp³-hybridized carbons (Fsp3) is 0.100. The van der Waals surface area contributed by atoms with Crippen LogP contribution in [0.3, 0.4) is 0 Å². The minimum atomic E-state index is -0.0451. The van der Waals surface area contributed by atoms with Crippen molar-refractivity contribution in [1.29, 1.82) is 0 Å². The minimum absolute atomic E-state index is 0.0451. The molecule has 0 fully saturated rings. The van der Waals surface area contributed by atoms with E-state index in [4.69, 9.17) is 0 Å². The fourth-order valence-electron chi connectivity index (χ4n) is 2.84. The van der Waals surface area contributed by atoms with Crippen molar-refractivity contribution in [3.05, 3.63) is 72.4 Å². The number of aryl methyl sites for hydroxylation is 1. The highest BCUT2D eigenvalue weighted by atomic mass is 16.1. The van der Waals surface area contributed by atoms with Gasteiger partial charge in [0.2, 0.25) is 0 Å². The number of imidazole rings is 1. The number of Topliss-reactive ketones (excluding diaryl/α,β-unsaturated/α-hetero) is 1. The molecular formula is C20H16N4O. The van der Waals surface area contributed by atoms with Gasteiger partial charge >= 0.3 is 0 Å². The molecule has 4 aromatic heterocycles. The third-order valence-electron chi connectivity index (χ3n) is 4.06. The highest BCUT2D eigenvalue weighted by molar-refractivity contribution is 5.92. The summed E-state index contributed by atoms with van der Waals surface area (Å²) in [6.07, 6.45) is 5.49. The van der Waals surface area contributed by atoms with Crippen molar-refractivity contribution in [3.63, 3.8) is 0 Å². The summed E-state index contributed by atoms with van der Waals surface area (Å²) in [5.41, 5.74) is 5.80. The first-order valence-corrected chi connectivity index (χ1v) is 8.01. The molecule has 0 radical (unpaired) electrons. The number of rotatable bonds is 3. The van der Waals surface area contributed by atoms with Gasteiger partial charge in [-0.15, -0.1) is 0 Å². The summed E-state index contributed by atoms with van der Waals surface area (Å²) in [7, 11) is 0. The van der Waals surface area contributed by atoms with E-state index in [1.807, 2.05) is 60.0 Å². The molecule has 0 saturated heterocycles. The van der Waals surface area contributed by atoms with E-state index in [1.165, 1.54) is 6.92 Å². The summed E-state index contributed by atoms with van der Waals surface area (Å²) in [5.74, 6) is -0.0451. The number of carbonyl (C=O) groups is 1. The van der Waals surface area contributed by atoms with Crippen LogP contribution in [0.15, 0.2) is 61.1 Å². The van der Waals surface area contributed by atoms with Crippen LogP contribution in [0.25, 0.3) is 28.2 Å². The number of aromatic nitrogens is 4. The first-order valence-electron chi connectivity index (χ1n) is 8.01. The lowest BCUT2D eigenvalue weighted by molar-refractivity contribution is 0.101. The first-order chi connectivity index (χ1) is 12.1. The maximum Gasteiger partial charge on any atom is 0.179 e. The molecule has 25 heavy (non-hydrogen) atoms. The van der Waals surface area contributed by atoms with Crippen LogP contribution in [-0.4, -0.2) is 25.1 Å². The number of hydrogen-bond acceptors (Lipinski definition) is 4. The number of pyridine rings is 3. The number of carbonyl (C=O) groups excluding carboxylic acids is 1. The zero-order valence-corrected chi connectivity index (χ0v) is 14.0. The lowest BCUT2D eigenvalue weighted by Crippen LogP contribution is -1.94. The molecule has 0 spiro atoms. The van der Waals surface area contributed by atoms with E-state index >= 15 is 0 Å². The van der Waals surface area contributed by atoms with Gasteiger partial charge in [-0.05, 0) is 37.3 Å². The second-order valence-corrected chi connectivity index (χ2v) is 5.93. The van der Waals surface area contributed by atoms with E-state index in [1.54, 1.807) is 12.4 Å². The Labute approximate surface area is 145 Å². The SMILES string of the molecule is CC(=O)c1cn2cc(-c3cccnc3-c3cccc(C)n3)ccc2n1. The van der Waals surface area contributed by atoms with Gasteiger partial charge in [0.1, 0.15) is 11.3 Å². The highest BCUT2D eigenvalue weighted by Crippen LogP contribution is 2.29. The first kappa shape index (κ1) is 15.2. The van der Waals surface area contributed by atoms with Gasteiger partial charge in [0.15, 0.2) is 5.78 Å². The Morgan fingerprint density at radius 1 is 1.00 bits per heavy atom. The Morgan fingerprint density at radius 2 is 1.88 bits per heavy atom. The molecule has 4 aromatic rings. The number of nitrogens with zero attached hydrogens (tertiary/aromatic N) is 4. The van der Waals surface area contributed by atoms with Crippen LogP contribution in [-0.2, 0) is 0 Å². The topological polar surface area (TPSA) is 60.2 Å². The van der Waals surface area contributed by atoms with Crippen molar-refractivity contribution in [2.75, 3.05) is 0 Å². The monoisotopic (exact) mass is 328 g/mol. The molecule has 4 heterocycles. The molecular weight excluding hydrogens is 312 g/mol. The van der Waals surface area contributed by atoms with Gasteiger partial charge in [-0.3, -0.25) is 14.8 Å². The van der Waals surface area contributed by atoms with Crippen molar-refractivity contribution in [3.8, 4) is 22.5 Å². The fourth-order valence-corrected chi connectivity index (χ4v) is 2.84. The highest BCUT2D eigenvalue weighted by Gasteiger charge is 2.12. The summed E-state index contributed by atoms with van der Waals surface area (Å²) >= 11 is 0. The van der Waals surface area contributed by atoms with Crippen LogP contribution in [0.4, 0.5) is 0 Å². The van der Waals surface area contributed by atoms with Crippen LogP contribution in [0, 0.1) is 6.92 Å². The standard InChI is InChI=1S/C20H16N4O/c1-13-5-3-7-17(22-13)20-16(6-4-10-21-20)15-8-9-19-23-18(14(2)25)12-24(19)11-15/h3-12H,1-2H3. The predicted octanol–water partition coefficient (Wildman–Crippen LogP) is 3.97. The van der Waals surface area contributed by atoms with Crippen molar-refractivity contribution < 1.29 is 4.79 Å². The normalized spacial score (nSPS) is 11.0. The lowest BCUT2D eigenvalue weighted by atomic mass is 10.0. The maximum atomic E-state index is 11.5. The van der Waals surface area contributed by atoms with E-state index in [2.05, 4.69) is 15.0 Å². The Hall–Kier alpha value is -3.34. The largest absolute Gasteiger partial charge is 0.306 e. The van der Waals surface area contributed by atoms with E-state index in [0.717, 1.165) is 33.9 Å². The van der Waals surface area contributed by atoms with Gasteiger partial charge in [-0.2, -0.15) is 0 Å². The van der Waals surface area contributed by atoms with Crippen LogP contribution >= 0.6 is 0 Å². The maximum absolute atomic E-state index is 11.5. The quantitative estimate of drug-likeness (QED) is 0.534. The van der Waals surface area contributed by atoms with Gasteiger partial charge in [-0.25, -0.2) is 4.98 Å². The molecule has 0 aliphatic heterocycles. The molecule has 0 unspecified atom stereocenters. The summed E-state index contributed by atoms with van der Waals surface area (Å²) < 4.78 is 1.87. The van der Waals surface area contributed by atoms with Gasteiger partial charge in [0.05, 0.1) is 11.4 Å². The van der Waals surface area contributed by atoms with Crippen LogP contribution in [0.2, 0.25) is 0 Å². The van der Waals surface area contributed by atoms with Gasteiger partial charge < -0.3 is 4.40 Å². The second kappa shape index (κ2) is 5.94. The molecule has 0 amide bonds. The molecule has 0 N–H and O–H groups in total. The van der Waals surface area contributed by atoms with Crippen molar-refractivity contribution in [2.45, 2.75) is 13.8 Å². The summed E-state index contributed by atoms with van der Waals surface area (Å²) in [6.45, 7) is 3.48. The summed E-state index contributed by atoms with van der Waals surface area (Å²) in [5, 5.41) is 0. The average Bonchev–Trinajstić information content (AvgIpc) is 3.05. The third kappa shape index (κ3) is 2.80. The van der Waals surface area contributed by atoms with Gasteiger partial charge in [0.25, 0.3) is 0 Å². The van der Waals surface area contributed by atoms with Crippen LogP contribution in [0.5, 0.6) is 0 Å². The lowest BCUT2D eigenvalue weighted by Gasteiger charge is -2.09. The number of hydrogen-bond donors (Lipinski definition) is 0. The van der Waals surface area contributed by atoms with Crippen molar-refractivity contribution in [2.24, 2.45) is 0 Å². The van der Waals surface area contributed by atoms with E-state index < -0.39 is 0 Å². The Balaban J connectivity index is 1.87. The van der Waals surface area contributed by atoms with E-state index in [0.29, 0.717) is 5.69 Å². The van der Waals surface area contributed by atoms with Crippen molar-refractivity contribution in [1.82, 2.24) is 19.4 Å². The Bertz CT molecular complexity index is 1100. The molecule has 0 bridgehead atoms. The molecule has 5 nitrogen and oxygen atoms in total. The second-order valence-electron chi connectivity index (χ2n) is 5.93. The smallest absolute Gasteiger partial charge is 0.179 e. The molecule has 4 rings (SSSR count). The molecule has 0 atom stereocenters. The molecule has 122 valence electrons. The van der Waals surface area contributed by atoms with Crippen LogP contribution < -0.4 is 0 Å². The average molecular weight is 328 g/mol. The summed E-state index contributed by atoms with van der Waals surface area (Å²) in [6, 6.07) is 13.7. The number of fused-ring (bicyclic) bond motifs is 1. The zero-order chi connectivity index (χ0) is 17.4. The Kier molecular flexibility index (Phi) is 3.61. The molecule has 0 aromatic carbocycles. The summed E-state index contributed by atoms with van der Waals surface area (Å²) in [4.78, 5) is 25.0. The Morgan fingerprint density at radius 3 is 2.68 bits per heavy atom. The van der Waals surface area contributed by atoms with Crippen LogP contribution in [0.1, 0.15) is 23.1 Å². The molecule has 0 aliphatic rings. The molecule has 0 saturated carbocycles. The van der Waals surface area contributed by atoms with Gasteiger partial charge in [-0.1, -0.05) is 12.1 Å². The zero-order valence-electron chi connectivity index (χ0n) is 14.0. The predicted molar refractivity (Wildman–Crippen MR) is 96.4 cm³/mol. The van der Waals surface area contributed by atoms with E-state index in [-0.39, 0.29) is 5.78 Å². The molecule has 0 aliphatic carbocycles. The van der Waals surface area contributed by atoms with Crippen molar-refractivity contribution >= 4 is 11.4 Å². The third-order valence-corrected chi connectivity index (χ3v) is 4.06. The molecule has 5 heteroatoms. The minimum Gasteiger partial charge on any atom is -0.306 e. The van der Waals surface area contributed by atoms with E-state index in [9.17, 15) is 4.79 Å². The number of ketones is 1. The van der Waals surface area contributed by atoms with Gasteiger partial charge in [0, 0.05) is 42.3 Å².